The van der Waals surface area contributed by atoms with E-state index < -0.39 is 11.1 Å². The van der Waals surface area contributed by atoms with Crippen molar-refractivity contribution in [1.29, 1.82) is 0 Å². The molecule has 0 saturated carbocycles. The van der Waals surface area contributed by atoms with Gasteiger partial charge in [0.2, 0.25) is 0 Å². The van der Waals surface area contributed by atoms with Crippen molar-refractivity contribution in [2.24, 2.45) is 0 Å². The Labute approximate surface area is 165 Å². The van der Waals surface area contributed by atoms with Gasteiger partial charge in [0.1, 0.15) is 17.7 Å². The van der Waals surface area contributed by atoms with E-state index in [1.54, 1.807) is 12.0 Å². The Morgan fingerprint density at radius 2 is 1.89 bits per heavy atom. The number of esters is 1. The molecule has 1 aromatic carbocycles. The number of carbonyl (C=O) groups is 2. The predicted molar refractivity (Wildman–Crippen MR) is 102 cm³/mol. The summed E-state index contributed by atoms with van der Waals surface area (Å²) in [6.07, 6.45) is 0.157. The van der Waals surface area contributed by atoms with Crippen LogP contribution in [0.4, 0.5) is 4.79 Å². The minimum absolute atomic E-state index is 0.0134. The summed E-state index contributed by atoms with van der Waals surface area (Å²) in [6.45, 7) is 6.82. The van der Waals surface area contributed by atoms with E-state index in [4.69, 9.17) is 14.2 Å². The summed E-state index contributed by atoms with van der Waals surface area (Å²) in [5, 5.41) is 0. The molecule has 3 aliphatic heterocycles. The fourth-order valence-electron chi connectivity index (χ4n) is 4.65. The molecule has 3 aliphatic rings. The number of piperidine rings is 1. The SMILES string of the molecule is COC1CC2(C(=O)OC(C)(C)C)C3CN(C(=O)OCc4ccccc4)CC1N32. The van der Waals surface area contributed by atoms with Crippen LogP contribution in [0.15, 0.2) is 30.3 Å². The molecule has 7 nitrogen and oxygen atoms in total. The van der Waals surface area contributed by atoms with Gasteiger partial charge in [-0.2, -0.15) is 0 Å². The molecule has 5 atom stereocenters. The van der Waals surface area contributed by atoms with E-state index in [1.165, 1.54) is 0 Å². The Morgan fingerprint density at radius 1 is 1.18 bits per heavy atom. The van der Waals surface area contributed by atoms with Crippen LogP contribution in [0.25, 0.3) is 0 Å². The lowest BCUT2D eigenvalue weighted by Crippen LogP contribution is -2.52. The monoisotopic (exact) mass is 388 g/mol. The fraction of sp³-hybridized carbons (Fsp3) is 0.619. The van der Waals surface area contributed by atoms with Crippen LogP contribution in [0.3, 0.4) is 0 Å². The normalized spacial score (nSPS) is 33.2. The van der Waals surface area contributed by atoms with Crippen LogP contribution in [-0.4, -0.2) is 71.4 Å². The van der Waals surface area contributed by atoms with Gasteiger partial charge in [-0.25, -0.2) is 9.59 Å². The van der Waals surface area contributed by atoms with Gasteiger partial charge in [-0.05, 0) is 26.3 Å². The number of nitrogens with zero attached hydrogens (tertiary/aromatic N) is 2. The average Bonchev–Trinajstić information content (AvgIpc) is 3.17. The molecule has 3 heterocycles. The van der Waals surface area contributed by atoms with E-state index in [0.717, 1.165) is 5.56 Å². The summed E-state index contributed by atoms with van der Waals surface area (Å²) < 4.78 is 16.8. The van der Waals surface area contributed by atoms with E-state index in [0.29, 0.717) is 19.5 Å². The lowest BCUT2D eigenvalue weighted by Gasteiger charge is -2.35. The number of hydrogen-bond donors (Lipinski definition) is 0. The maximum absolute atomic E-state index is 13.0. The third kappa shape index (κ3) is 3.16. The molecule has 0 N–H and O–H groups in total. The van der Waals surface area contributed by atoms with Gasteiger partial charge in [0.05, 0.1) is 18.2 Å². The van der Waals surface area contributed by atoms with E-state index in [9.17, 15) is 9.59 Å². The molecular weight excluding hydrogens is 360 g/mol. The number of ether oxygens (including phenoxy) is 3. The van der Waals surface area contributed by atoms with Crippen LogP contribution in [0.5, 0.6) is 0 Å². The van der Waals surface area contributed by atoms with Gasteiger partial charge in [-0.1, -0.05) is 30.3 Å². The van der Waals surface area contributed by atoms with Gasteiger partial charge in [0.15, 0.2) is 0 Å². The van der Waals surface area contributed by atoms with Gasteiger partial charge in [0.25, 0.3) is 0 Å². The first-order chi connectivity index (χ1) is 13.3. The second-order valence-corrected chi connectivity index (χ2v) is 8.84. The molecule has 1 amide bonds. The first-order valence-electron chi connectivity index (χ1n) is 9.76. The Balaban J connectivity index is 1.45. The molecule has 0 spiro atoms. The summed E-state index contributed by atoms with van der Waals surface area (Å²) in [7, 11) is 1.65. The number of amides is 1. The second kappa shape index (κ2) is 6.74. The number of methoxy groups -OCH3 is 1. The first-order valence-corrected chi connectivity index (χ1v) is 9.76. The van der Waals surface area contributed by atoms with Gasteiger partial charge in [-0.15, -0.1) is 0 Å². The third-order valence-electron chi connectivity index (χ3n) is 5.90. The predicted octanol–water partition coefficient (Wildman–Crippen LogP) is 2.19. The summed E-state index contributed by atoms with van der Waals surface area (Å²) in [5.41, 5.74) is -0.275. The molecule has 0 bridgehead atoms. The lowest BCUT2D eigenvalue weighted by molar-refractivity contribution is -0.159. The fourth-order valence-corrected chi connectivity index (χ4v) is 4.65. The number of piperazine rings is 1. The topological polar surface area (TPSA) is 68.1 Å². The Morgan fingerprint density at radius 3 is 2.54 bits per heavy atom. The quantitative estimate of drug-likeness (QED) is 0.582. The molecule has 0 aliphatic carbocycles. The van der Waals surface area contributed by atoms with Crippen molar-refractivity contribution in [3.05, 3.63) is 35.9 Å². The van der Waals surface area contributed by atoms with Crippen LogP contribution in [0, 0.1) is 0 Å². The van der Waals surface area contributed by atoms with Crippen LogP contribution in [-0.2, 0) is 25.6 Å². The van der Waals surface area contributed by atoms with Crippen molar-refractivity contribution in [3.63, 3.8) is 0 Å². The highest BCUT2D eigenvalue weighted by molar-refractivity contribution is 5.88. The molecule has 7 heteroatoms. The molecule has 3 saturated heterocycles. The molecule has 0 aromatic heterocycles. The number of likely N-dealkylation sites (tertiary alicyclic amines) is 1. The number of hydrogen-bond acceptors (Lipinski definition) is 6. The Bertz CT molecular complexity index is 762. The Hall–Kier alpha value is -2.12. The number of carbonyl (C=O) groups excluding carboxylic acids is 2. The lowest BCUT2D eigenvalue weighted by atomic mass is 9.93. The van der Waals surface area contributed by atoms with Crippen molar-refractivity contribution < 1.29 is 23.8 Å². The van der Waals surface area contributed by atoms with E-state index in [2.05, 4.69) is 4.90 Å². The van der Waals surface area contributed by atoms with Crippen molar-refractivity contribution in [2.45, 2.75) is 63.1 Å². The van der Waals surface area contributed by atoms with Gasteiger partial charge < -0.3 is 19.1 Å². The first kappa shape index (κ1) is 19.2. The third-order valence-corrected chi connectivity index (χ3v) is 5.90. The smallest absolute Gasteiger partial charge is 0.410 e. The number of fused-ring (bicyclic) bond motifs is 1. The molecule has 0 radical (unpaired) electrons. The molecule has 5 unspecified atom stereocenters. The van der Waals surface area contributed by atoms with Crippen LogP contribution in [0.2, 0.25) is 0 Å². The summed E-state index contributed by atoms with van der Waals surface area (Å²) >= 11 is 0. The van der Waals surface area contributed by atoms with Crippen LogP contribution in [0.1, 0.15) is 32.8 Å². The summed E-state index contributed by atoms with van der Waals surface area (Å²) in [5.74, 6) is -0.214. The van der Waals surface area contributed by atoms with Crippen molar-refractivity contribution >= 4 is 12.1 Å². The zero-order chi connectivity index (χ0) is 20.1. The standard InChI is InChI=1S/C21H28N2O5/c1-20(2,3)28-18(24)21-10-16(26-4)15-11-22(12-17(21)23(15)21)19(25)27-13-14-8-6-5-7-9-14/h5-9,15-17H,10-13H2,1-4H3. The number of rotatable bonds is 4. The maximum Gasteiger partial charge on any atom is 0.410 e. The molecule has 28 heavy (non-hydrogen) atoms. The van der Waals surface area contributed by atoms with Gasteiger partial charge in [0, 0.05) is 26.6 Å². The van der Waals surface area contributed by atoms with Crippen LogP contribution < -0.4 is 0 Å². The Kier molecular flexibility index (Phi) is 4.62. The minimum Gasteiger partial charge on any atom is -0.459 e. The molecule has 1 aromatic rings. The molecule has 4 rings (SSSR count). The second-order valence-electron chi connectivity index (χ2n) is 8.84. The highest BCUT2D eigenvalue weighted by atomic mass is 16.6. The van der Waals surface area contributed by atoms with Crippen molar-refractivity contribution in [1.82, 2.24) is 9.80 Å². The van der Waals surface area contributed by atoms with E-state index in [1.807, 2.05) is 51.1 Å². The van der Waals surface area contributed by atoms with E-state index >= 15 is 0 Å². The molecular formula is C21H28N2O5. The summed E-state index contributed by atoms with van der Waals surface area (Å²) in [4.78, 5) is 29.5. The van der Waals surface area contributed by atoms with Gasteiger partial charge >= 0.3 is 12.1 Å². The summed E-state index contributed by atoms with van der Waals surface area (Å²) in [6, 6.07) is 9.56. The molecule has 152 valence electrons. The zero-order valence-corrected chi connectivity index (χ0v) is 16.9. The van der Waals surface area contributed by atoms with E-state index in [-0.39, 0.29) is 36.9 Å². The highest BCUT2D eigenvalue weighted by Gasteiger charge is 2.78. The van der Waals surface area contributed by atoms with Crippen LogP contribution >= 0.6 is 0 Å². The van der Waals surface area contributed by atoms with Gasteiger partial charge in [-0.3, -0.25) is 4.90 Å². The van der Waals surface area contributed by atoms with Crippen molar-refractivity contribution in [3.8, 4) is 0 Å². The minimum atomic E-state index is -0.674. The molecule has 3 fully saturated rings. The largest absolute Gasteiger partial charge is 0.459 e. The van der Waals surface area contributed by atoms with Crippen molar-refractivity contribution in [2.75, 3.05) is 20.2 Å². The zero-order valence-electron chi connectivity index (χ0n) is 16.9. The maximum atomic E-state index is 13.0. The average molecular weight is 388 g/mol. The highest BCUT2D eigenvalue weighted by Crippen LogP contribution is 2.57. The number of benzene rings is 1.